The maximum atomic E-state index is 5.75. The van der Waals surface area contributed by atoms with E-state index in [0.29, 0.717) is 13.2 Å². The molecule has 2 rings (SSSR count). The van der Waals surface area contributed by atoms with Gasteiger partial charge in [0.15, 0.2) is 0 Å². The summed E-state index contributed by atoms with van der Waals surface area (Å²) >= 11 is 3.46. The van der Waals surface area contributed by atoms with E-state index in [9.17, 15) is 0 Å². The van der Waals surface area contributed by atoms with Gasteiger partial charge in [-0.3, -0.25) is 0 Å². The van der Waals surface area contributed by atoms with Gasteiger partial charge in [-0.05, 0) is 51.3 Å². The summed E-state index contributed by atoms with van der Waals surface area (Å²) in [5.41, 5.74) is 7.74. The zero-order chi connectivity index (χ0) is 13.7. The molecule has 0 saturated heterocycles. The minimum Gasteiger partial charge on any atom is -0.496 e. The molecular weight excluding hydrogens is 306 g/mol. The van der Waals surface area contributed by atoms with Crippen molar-refractivity contribution in [3.8, 4) is 11.5 Å². The molecule has 3 nitrogen and oxygen atoms in total. The molecule has 19 heavy (non-hydrogen) atoms. The van der Waals surface area contributed by atoms with Crippen molar-refractivity contribution < 1.29 is 9.47 Å². The Kier molecular flexibility index (Phi) is 4.82. The molecule has 2 aromatic carbocycles. The average molecular weight is 322 g/mol. The fraction of sp³-hybridized carbons (Fsp3) is 0.200. The summed E-state index contributed by atoms with van der Waals surface area (Å²) in [6, 6.07) is 13.7. The number of nitrogens with two attached hydrogens (primary N) is 1. The lowest BCUT2D eigenvalue weighted by atomic mass is 10.2. The number of hydrogen-bond donors (Lipinski definition) is 1. The predicted octanol–water partition coefficient (Wildman–Crippen LogP) is 3.50. The van der Waals surface area contributed by atoms with Crippen molar-refractivity contribution in [1.82, 2.24) is 0 Å². The van der Waals surface area contributed by atoms with E-state index in [-0.39, 0.29) is 0 Å². The highest BCUT2D eigenvalue weighted by Crippen LogP contribution is 2.26. The molecule has 0 radical (unpaired) electrons. The van der Waals surface area contributed by atoms with Crippen molar-refractivity contribution in [3.05, 3.63) is 58.1 Å². The lowest BCUT2D eigenvalue weighted by Gasteiger charge is -2.09. The Bertz CT molecular complexity index is 558. The average Bonchev–Trinajstić information content (AvgIpc) is 2.45. The fourth-order valence-electron chi connectivity index (χ4n) is 1.73. The van der Waals surface area contributed by atoms with Crippen molar-refractivity contribution >= 4 is 15.9 Å². The summed E-state index contributed by atoms with van der Waals surface area (Å²) in [6.45, 7) is 1.03. The zero-order valence-corrected chi connectivity index (χ0v) is 12.3. The first-order chi connectivity index (χ1) is 9.22. The Morgan fingerprint density at radius 1 is 1.11 bits per heavy atom. The van der Waals surface area contributed by atoms with Crippen LogP contribution in [0.2, 0.25) is 0 Å². The third kappa shape index (κ3) is 3.72. The van der Waals surface area contributed by atoms with E-state index in [1.165, 1.54) is 0 Å². The van der Waals surface area contributed by atoms with Gasteiger partial charge in [0, 0.05) is 6.54 Å². The SMILES string of the molecule is COc1ccc(COc2cccc(CN)c2)cc1Br. The minimum absolute atomic E-state index is 0.511. The van der Waals surface area contributed by atoms with Gasteiger partial charge in [-0.2, -0.15) is 0 Å². The smallest absolute Gasteiger partial charge is 0.133 e. The third-order valence-corrected chi connectivity index (χ3v) is 3.38. The molecule has 2 N–H and O–H groups in total. The summed E-state index contributed by atoms with van der Waals surface area (Å²) in [4.78, 5) is 0. The number of ether oxygens (including phenoxy) is 2. The van der Waals surface area contributed by atoms with Gasteiger partial charge in [0.05, 0.1) is 11.6 Å². The maximum absolute atomic E-state index is 5.75. The van der Waals surface area contributed by atoms with Crippen molar-refractivity contribution in [3.63, 3.8) is 0 Å². The largest absolute Gasteiger partial charge is 0.496 e. The normalized spacial score (nSPS) is 10.3. The maximum Gasteiger partial charge on any atom is 0.133 e. The van der Waals surface area contributed by atoms with E-state index < -0.39 is 0 Å². The second-order valence-electron chi connectivity index (χ2n) is 4.11. The first kappa shape index (κ1) is 13.9. The summed E-state index contributed by atoms with van der Waals surface area (Å²) < 4.78 is 11.9. The van der Waals surface area contributed by atoms with Gasteiger partial charge < -0.3 is 15.2 Å². The Morgan fingerprint density at radius 3 is 2.63 bits per heavy atom. The Hall–Kier alpha value is -1.52. The van der Waals surface area contributed by atoms with Crippen molar-refractivity contribution in [2.24, 2.45) is 5.73 Å². The Morgan fingerprint density at radius 2 is 1.95 bits per heavy atom. The first-order valence-corrected chi connectivity index (χ1v) is 6.76. The van der Waals surface area contributed by atoms with Gasteiger partial charge in [-0.25, -0.2) is 0 Å². The number of methoxy groups -OCH3 is 1. The van der Waals surface area contributed by atoms with E-state index >= 15 is 0 Å². The van der Waals surface area contributed by atoms with Crippen LogP contribution in [0, 0.1) is 0 Å². The molecule has 0 unspecified atom stereocenters. The number of rotatable bonds is 5. The van der Waals surface area contributed by atoms with Gasteiger partial charge in [0.1, 0.15) is 18.1 Å². The minimum atomic E-state index is 0.511. The highest BCUT2D eigenvalue weighted by atomic mass is 79.9. The molecular formula is C15H16BrNO2. The number of benzene rings is 2. The Balaban J connectivity index is 2.03. The molecule has 0 atom stereocenters. The van der Waals surface area contributed by atoms with Gasteiger partial charge in [0.2, 0.25) is 0 Å². The van der Waals surface area contributed by atoms with Crippen LogP contribution >= 0.6 is 15.9 Å². The molecule has 0 aliphatic heterocycles. The van der Waals surface area contributed by atoms with E-state index in [4.69, 9.17) is 15.2 Å². The van der Waals surface area contributed by atoms with Gasteiger partial charge >= 0.3 is 0 Å². The Labute approximate surface area is 121 Å². The molecule has 0 saturated carbocycles. The predicted molar refractivity (Wildman–Crippen MR) is 79.4 cm³/mol. The molecule has 0 aromatic heterocycles. The molecule has 0 heterocycles. The molecule has 0 bridgehead atoms. The van der Waals surface area contributed by atoms with Crippen LogP contribution in [0.1, 0.15) is 11.1 Å². The number of hydrogen-bond acceptors (Lipinski definition) is 3. The molecule has 4 heteroatoms. The highest BCUT2D eigenvalue weighted by Gasteiger charge is 2.02. The fourth-order valence-corrected chi connectivity index (χ4v) is 2.32. The van der Waals surface area contributed by atoms with Crippen LogP contribution in [0.3, 0.4) is 0 Å². The van der Waals surface area contributed by atoms with Crippen molar-refractivity contribution in [2.45, 2.75) is 13.2 Å². The summed E-state index contributed by atoms with van der Waals surface area (Å²) in [6.07, 6.45) is 0. The zero-order valence-electron chi connectivity index (χ0n) is 10.7. The second kappa shape index (κ2) is 6.59. The molecule has 0 spiro atoms. The molecule has 0 fully saturated rings. The van der Waals surface area contributed by atoms with Gasteiger partial charge in [0.25, 0.3) is 0 Å². The van der Waals surface area contributed by atoms with Crippen LogP contribution in [0.15, 0.2) is 46.9 Å². The van der Waals surface area contributed by atoms with Crippen LogP contribution in [0.25, 0.3) is 0 Å². The summed E-state index contributed by atoms with van der Waals surface area (Å²) in [5.74, 6) is 1.64. The highest BCUT2D eigenvalue weighted by molar-refractivity contribution is 9.10. The van der Waals surface area contributed by atoms with Crippen LogP contribution in [-0.2, 0) is 13.2 Å². The van der Waals surface area contributed by atoms with Crippen LogP contribution in [0.5, 0.6) is 11.5 Å². The molecule has 0 amide bonds. The summed E-state index contributed by atoms with van der Waals surface area (Å²) in [7, 11) is 1.65. The van der Waals surface area contributed by atoms with Crippen LogP contribution in [0.4, 0.5) is 0 Å². The molecule has 0 aliphatic rings. The second-order valence-corrected chi connectivity index (χ2v) is 4.96. The third-order valence-electron chi connectivity index (χ3n) is 2.76. The number of halogens is 1. The van der Waals surface area contributed by atoms with Crippen molar-refractivity contribution in [1.29, 1.82) is 0 Å². The van der Waals surface area contributed by atoms with Gasteiger partial charge in [-0.1, -0.05) is 18.2 Å². The standard InChI is InChI=1S/C15H16BrNO2/c1-18-15-6-5-12(8-14(15)16)10-19-13-4-2-3-11(7-13)9-17/h2-8H,9-10,17H2,1H3. The molecule has 100 valence electrons. The van der Waals surface area contributed by atoms with E-state index in [1.807, 2.05) is 42.5 Å². The lowest BCUT2D eigenvalue weighted by molar-refractivity contribution is 0.305. The lowest BCUT2D eigenvalue weighted by Crippen LogP contribution is -1.99. The molecule has 0 aliphatic carbocycles. The van der Waals surface area contributed by atoms with Crippen molar-refractivity contribution in [2.75, 3.05) is 7.11 Å². The first-order valence-electron chi connectivity index (χ1n) is 5.97. The monoisotopic (exact) mass is 321 g/mol. The van der Waals surface area contributed by atoms with Crippen LogP contribution in [-0.4, -0.2) is 7.11 Å². The summed E-state index contributed by atoms with van der Waals surface area (Å²) in [5, 5.41) is 0. The topological polar surface area (TPSA) is 44.5 Å². The quantitative estimate of drug-likeness (QED) is 0.916. The van der Waals surface area contributed by atoms with E-state index in [2.05, 4.69) is 15.9 Å². The van der Waals surface area contributed by atoms with Crippen LogP contribution < -0.4 is 15.2 Å². The van der Waals surface area contributed by atoms with E-state index in [1.54, 1.807) is 7.11 Å². The van der Waals surface area contributed by atoms with Gasteiger partial charge in [-0.15, -0.1) is 0 Å². The van der Waals surface area contributed by atoms with E-state index in [0.717, 1.165) is 27.1 Å². The molecule has 2 aromatic rings.